The first-order valence-corrected chi connectivity index (χ1v) is 9.83. The molecule has 1 saturated heterocycles. The summed E-state index contributed by atoms with van der Waals surface area (Å²) in [5.41, 5.74) is 2.85. The molecule has 0 aliphatic carbocycles. The number of ether oxygens (including phenoxy) is 1. The van der Waals surface area contributed by atoms with Crippen molar-refractivity contribution in [3.05, 3.63) is 72.9 Å². The minimum atomic E-state index is -0.285. The van der Waals surface area contributed by atoms with Crippen LogP contribution in [0.1, 0.15) is 23.2 Å². The molecule has 0 radical (unpaired) electrons. The van der Waals surface area contributed by atoms with Crippen LogP contribution in [0.25, 0.3) is 11.0 Å². The highest BCUT2D eigenvalue weighted by atomic mass is 16.5. The fourth-order valence-electron chi connectivity index (χ4n) is 3.42. The van der Waals surface area contributed by atoms with Crippen LogP contribution in [-0.2, 0) is 4.79 Å². The van der Waals surface area contributed by atoms with Crippen LogP contribution < -0.4 is 10.1 Å². The standard InChI is InChI=1S/C23H22N4O3/c1-2-21(28)25-17-9-7-16(8-10-17)23(29)27-13-11-18(12-14-27)30-22-15-24-19-5-3-4-6-20(19)26-22/h2-10,15,18H,1,11-14H2,(H,25,28). The number of fused-ring (bicyclic) bond motifs is 1. The molecule has 1 N–H and O–H groups in total. The Kier molecular flexibility index (Phi) is 5.70. The van der Waals surface area contributed by atoms with Crippen molar-refractivity contribution in [3.8, 4) is 5.88 Å². The topological polar surface area (TPSA) is 84.4 Å². The molecule has 3 aromatic rings. The number of amides is 2. The summed E-state index contributed by atoms with van der Waals surface area (Å²) in [4.78, 5) is 34.8. The quantitative estimate of drug-likeness (QED) is 0.661. The SMILES string of the molecule is C=CC(=O)Nc1ccc(C(=O)N2CCC(Oc3cnc4ccccc4n3)CC2)cc1. The number of piperidine rings is 1. The summed E-state index contributed by atoms with van der Waals surface area (Å²) in [5.74, 6) is 0.198. The molecule has 30 heavy (non-hydrogen) atoms. The highest BCUT2D eigenvalue weighted by Gasteiger charge is 2.25. The molecule has 2 aromatic carbocycles. The average molecular weight is 402 g/mol. The summed E-state index contributed by atoms with van der Waals surface area (Å²) in [7, 11) is 0. The van der Waals surface area contributed by atoms with Crippen molar-refractivity contribution in [3.63, 3.8) is 0 Å². The summed E-state index contributed by atoms with van der Waals surface area (Å²) in [6, 6.07) is 14.5. The molecule has 1 aliphatic rings. The second-order valence-corrected chi connectivity index (χ2v) is 7.08. The van der Waals surface area contributed by atoms with Crippen LogP contribution in [0.15, 0.2) is 67.4 Å². The average Bonchev–Trinajstić information content (AvgIpc) is 2.79. The zero-order valence-corrected chi connectivity index (χ0v) is 16.5. The van der Waals surface area contributed by atoms with E-state index in [0.29, 0.717) is 30.2 Å². The third-order valence-electron chi connectivity index (χ3n) is 5.03. The molecule has 0 bridgehead atoms. The summed E-state index contributed by atoms with van der Waals surface area (Å²) in [5, 5.41) is 2.67. The highest BCUT2D eigenvalue weighted by molar-refractivity contribution is 5.99. The van der Waals surface area contributed by atoms with Crippen LogP contribution in [0.3, 0.4) is 0 Å². The van der Waals surface area contributed by atoms with E-state index in [1.165, 1.54) is 6.08 Å². The number of nitrogens with zero attached hydrogens (tertiary/aromatic N) is 3. The maximum Gasteiger partial charge on any atom is 0.253 e. The Morgan fingerprint density at radius 2 is 1.77 bits per heavy atom. The van der Waals surface area contributed by atoms with Crippen LogP contribution in [0.5, 0.6) is 5.88 Å². The summed E-state index contributed by atoms with van der Waals surface area (Å²) in [6.45, 7) is 4.64. The van der Waals surface area contributed by atoms with Crippen LogP contribution in [0.4, 0.5) is 5.69 Å². The van der Waals surface area contributed by atoms with Gasteiger partial charge in [-0.1, -0.05) is 18.7 Å². The van der Waals surface area contributed by atoms with Gasteiger partial charge in [-0.2, -0.15) is 0 Å². The molecule has 152 valence electrons. The van der Waals surface area contributed by atoms with Crippen LogP contribution >= 0.6 is 0 Å². The number of benzene rings is 2. The second-order valence-electron chi connectivity index (χ2n) is 7.08. The van der Waals surface area contributed by atoms with E-state index in [-0.39, 0.29) is 17.9 Å². The number of hydrogen-bond acceptors (Lipinski definition) is 5. The predicted octanol–water partition coefficient (Wildman–Crippen LogP) is 3.44. The van der Waals surface area contributed by atoms with E-state index in [1.54, 1.807) is 30.5 Å². The minimum absolute atomic E-state index is 0.000930. The van der Waals surface area contributed by atoms with E-state index in [9.17, 15) is 9.59 Å². The van der Waals surface area contributed by atoms with Gasteiger partial charge in [-0.05, 0) is 42.5 Å². The van der Waals surface area contributed by atoms with E-state index in [0.717, 1.165) is 23.9 Å². The molecule has 1 aromatic heterocycles. The first-order valence-electron chi connectivity index (χ1n) is 9.83. The number of carbonyl (C=O) groups is 2. The van der Waals surface area contributed by atoms with Crippen LogP contribution in [0.2, 0.25) is 0 Å². The first-order chi connectivity index (χ1) is 14.6. The molecule has 0 atom stereocenters. The minimum Gasteiger partial charge on any atom is -0.473 e. The van der Waals surface area contributed by atoms with Gasteiger partial charge in [0, 0.05) is 37.2 Å². The Labute approximate surface area is 174 Å². The van der Waals surface area contributed by atoms with Crippen molar-refractivity contribution in [2.45, 2.75) is 18.9 Å². The number of nitrogens with one attached hydrogen (secondary N) is 1. The lowest BCUT2D eigenvalue weighted by molar-refractivity contribution is -0.111. The van der Waals surface area contributed by atoms with Gasteiger partial charge in [0.2, 0.25) is 11.8 Å². The molecular weight excluding hydrogens is 380 g/mol. The van der Waals surface area contributed by atoms with Gasteiger partial charge >= 0.3 is 0 Å². The van der Waals surface area contributed by atoms with Gasteiger partial charge in [0.1, 0.15) is 6.10 Å². The van der Waals surface area contributed by atoms with Gasteiger partial charge in [0.15, 0.2) is 0 Å². The number of anilines is 1. The van der Waals surface area contributed by atoms with Crippen molar-refractivity contribution in [1.82, 2.24) is 14.9 Å². The third kappa shape index (κ3) is 4.46. The van der Waals surface area contributed by atoms with E-state index < -0.39 is 0 Å². The van der Waals surface area contributed by atoms with Gasteiger partial charge < -0.3 is 15.0 Å². The Morgan fingerprint density at radius 1 is 1.07 bits per heavy atom. The lowest BCUT2D eigenvalue weighted by Crippen LogP contribution is -2.41. The smallest absolute Gasteiger partial charge is 0.253 e. The van der Waals surface area contributed by atoms with Crippen molar-refractivity contribution in [1.29, 1.82) is 0 Å². The summed E-state index contributed by atoms with van der Waals surface area (Å²) in [6.07, 6.45) is 4.31. The molecule has 1 fully saturated rings. The van der Waals surface area contributed by atoms with Gasteiger partial charge in [-0.15, -0.1) is 0 Å². The lowest BCUT2D eigenvalue weighted by Gasteiger charge is -2.32. The number of likely N-dealkylation sites (tertiary alicyclic amines) is 1. The zero-order chi connectivity index (χ0) is 20.9. The van der Waals surface area contributed by atoms with Crippen molar-refractivity contribution in [2.24, 2.45) is 0 Å². The van der Waals surface area contributed by atoms with Crippen LogP contribution in [0, 0.1) is 0 Å². The maximum atomic E-state index is 12.8. The Hall–Kier alpha value is -3.74. The molecule has 2 heterocycles. The normalized spacial score (nSPS) is 14.3. The highest BCUT2D eigenvalue weighted by Crippen LogP contribution is 2.21. The number of hydrogen-bond donors (Lipinski definition) is 1. The molecule has 1 aliphatic heterocycles. The van der Waals surface area contributed by atoms with Crippen molar-refractivity contribution < 1.29 is 14.3 Å². The van der Waals surface area contributed by atoms with E-state index >= 15 is 0 Å². The predicted molar refractivity (Wildman–Crippen MR) is 114 cm³/mol. The summed E-state index contributed by atoms with van der Waals surface area (Å²) >= 11 is 0. The largest absolute Gasteiger partial charge is 0.473 e. The van der Waals surface area contributed by atoms with Crippen molar-refractivity contribution in [2.75, 3.05) is 18.4 Å². The zero-order valence-electron chi connectivity index (χ0n) is 16.5. The Balaban J connectivity index is 1.32. The lowest BCUT2D eigenvalue weighted by atomic mass is 10.1. The fraction of sp³-hybridized carbons (Fsp3) is 0.217. The molecule has 2 amide bonds. The maximum absolute atomic E-state index is 12.8. The first kappa shape index (κ1) is 19.6. The number of aromatic nitrogens is 2. The molecule has 0 spiro atoms. The van der Waals surface area contributed by atoms with E-state index in [2.05, 4.69) is 21.9 Å². The van der Waals surface area contributed by atoms with Gasteiger partial charge in [-0.25, -0.2) is 9.97 Å². The number of carbonyl (C=O) groups excluding carboxylic acids is 2. The third-order valence-corrected chi connectivity index (χ3v) is 5.03. The van der Waals surface area contributed by atoms with E-state index in [4.69, 9.17) is 4.74 Å². The monoisotopic (exact) mass is 402 g/mol. The summed E-state index contributed by atoms with van der Waals surface area (Å²) < 4.78 is 6.00. The Morgan fingerprint density at radius 3 is 2.47 bits per heavy atom. The molecular formula is C23H22N4O3. The second kappa shape index (κ2) is 8.73. The fourth-order valence-corrected chi connectivity index (χ4v) is 3.42. The molecule has 0 saturated carbocycles. The Bertz CT molecular complexity index is 1070. The molecule has 4 rings (SSSR count). The van der Waals surface area contributed by atoms with Gasteiger partial charge in [0.25, 0.3) is 5.91 Å². The van der Waals surface area contributed by atoms with Crippen LogP contribution in [-0.4, -0.2) is 45.9 Å². The van der Waals surface area contributed by atoms with E-state index in [1.807, 2.05) is 29.2 Å². The number of rotatable bonds is 5. The molecule has 7 heteroatoms. The van der Waals surface area contributed by atoms with Crippen molar-refractivity contribution >= 4 is 28.5 Å². The molecule has 0 unspecified atom stereocenters. The van der Waals surface area contributed by atoms with Gasteiger partial charge in [0.05, 0.1) is 17.2 Å². The van der Waals surface area contributed by atoms with Gasteiger partial charge in [-0.3, -0.25) is 9.59 Å². The number of para-hydroxylation sites is 2. The molecule has 7 nitrogen and oxygen atoms in total.